The van der Waals surface area contributed by atoms with Crippen molar-refractivity contribution in [1.82, 2.24) is 9.99 Å². The molecule has 3 aromatic carbocycles. The fraction of sp³-hybridized carbons (Fsp3) is 0.111. The van der Waals surface area contributed by atoms with Crippen LogP contribution in [0.2, 0.25) is 5.02 Å². The number of benzene rings is 3. The Morgan fingerprint density at radius 1 is 1.00 bits per heavy atom. The van der Waals surface area contributed by atoms with Crippen molar-refractivity contribution in [3.05, 3.63) is 116 Å². The average Bonchev–Trinajstić information content (AvgIpc) is 3.07. The summed E-state index contributed by atoms with van der Waals surface area (Å²) in [5.74, 6) is 0.563. The number of hydrazone groups is 1. The van der Waals surface area contributed by atoms with Crippen LogP contribution < -0.4 is 5.43 Å². The molecular formula is C27H23BrClN3OS. The van der Waals surface area contributed by atoms with Crippen LogP contribution in [0.3, 0.4) is 0 Å². The van der Waals surface area contributed by atoms with E-state index in [4.69, 9.17) is 11.6 Å². The molecule has 0 unspecified atom stereocenters. The van der Waals surface area contributed by atoms with E-state index in [1.165, 1.54) is 0 Å². The summed E-state index contributed by atoms with van der Waals surface area (Å²) in [5, 5.41) is 4.94. The molecule has 0 aliphatic rings. The molecule has 0 aliphatic carbocycles. The maximum Gasteiger partial charge on any atom is 0.271 e. The third kappa shape index (κ3) is 5.63. The van der Waals surface area contributed by atoms with Gasteiger partial charge in [0.2, 0.25) is 0 Å². The van der Waals surface area contributed by atoms with Gasteiger partial charge in [-0.1, -0.05) is 41.9 Å². The Morgan fingerprint density at radius 2 is 1.68 bits per heavy atom. The fourth-order valence-corrected chi connectivity index (χ4v) is 5.16. The zero-order chi connectivity index (χ0) is 24.1. The van der Waals surface area contributed by atoms with E-state index < -0.39 is 0 Å². The van der Waals surface area contributed by atoms with Gasteiger partial charge in [-0.3, -0.25) is 4.79 Å². The Hall–Kier alpha value is -2.80. The molecule has 4 nitrogen and oxygen atoms in total. The van der Waals surface area contributed by atoms with Crippen molar-refractivity contribution < 1.29 is 4.79 Å². The van der Waals surface area contributed by atoms with E-state index in [1.54, 1.807) is 18.0 Å². The average molecular weight is 553 g/mol. The maximum absolute atomic E-state index is 12.6. The standard InChI is InChI=1S/C27H23BrClN3OS/c1-18-25(26(28)19(2)32(18)23-6-4-3-5-7-23)16-30-31-27(33)21-10-8-20(9-11-21)17-34-24-14-12-22(29)13-15-24/h3-16H,17H2,1-2H3,(H,31,33)/b30-16-. The van der Waals surface area contributed by atoms with E-state index in [0.717, 1.165) is 48.3 Å². The second-order valence-electron chi connectivity index (χ2n) is 7.71. The Morgan fingerprint density at radius 3 is 2.35 bits per heavy atom. The van der Waals surface area contributed by atoms with Crippen molar-refractivity contribution in [2.75, 3.05) is 0 Å². The van der Waals surface area contributed by atoms with Crippen molar-refractivity contribution in [3.8, 4) is 5.69 Å². The molecule has 0 aliphatic heterocycles. The minimum atomic E-state index is -0.249. The van der Waals surface area contributed by atoms with Crippen LogP contribution in [0, 0.1) is 13.8 Å². The van der Waals surface area contributed by atoms with Crippen LogP contribution in [0.5, 0.6) is 0 Å². The predicted octanol–water partition coefficient (Wildman–Crippen LogP) is 7.57. The van der Waals surface area contributed by atoms with Crippen LogP contribution in [0.1, 0.15) is 32.9 Å². The molecule has 4 rings (SSSR count). The maximum atomic E-state index is 12.6. The summed E-state index contributed by atoms with van der Waals surface area (Å²) in [7, 11) is 0. The Kier molecular flexibility index (Phi) is 7.93. The lowest BCUT2D eigenvalue weighted by Crippen LogP contribution is -2.17. The highest BCUT2D eigenvalue weighted by atomic mass is 79.9. The lowest BCUT2D eigenvalue weighted by Gasteiger charge is -2.08. The summed E-state index contributed by atoms with van der Waals surface area (Å²) < 4.78 is 3.11. The third-order valence-electron chi connectivity index (χ3n) is 5.42. The number of rotatable bonds is 7. The highest BCUT2D eigenvalue weighted by molar-refractivity contribution is 9.10. The summed E-state index contributed by atoms with van der Waals surface area (Å²) in [4.78, 5) is 13.7. The number of carbonyl (C=O) groups is 1. The Bertz CT molecular complexity index is 1320. The first-order valence-corrected chi connectivity index (χ1v) is 12.8. The third-order valence-corrected chi connectivity index (χ3v) is 7.76. The van der Waals surface area contributed by atoms with Crippen LogP contribution in [-0.2, 0) is 5.75 Å². The molecule has 7 heteroatoms. The molecule has 1 N–H and O–H groups in total. The van der Waals surface area contributed by atoms with Gasteiger partial charge in [0.1, 0.15) is 0 Å². The molecular weight excluding hydrogens is 530 g/mol. The number of carbonyl (C=O) groups excluding carboxylic acids is 1. The van der Waals surface area contributed by atoms with E-state index in [0.29, 0.717) is 5.56 Å². The first-order valence-electron chi connectivity index (χ1n) is 10.7. The van der Waals surface area contributed by atoms with Gasteiger partial charge in [-0.25, -0.2) is 5.43 Å². The first kappa shape index (κ1) is 24.3. The molecule has 172 valence electrons. The molecule has 0 atom stereocenters. The number of halogens is 2. The number of para-hydroxylation sites is 1. The Labute approximate surface area is 217 Å². The SMILES string of the molecule is Cc1c(Br)c(/C=N\NC(=O)c2ccc(CSc3ccc(Cl)cc3)cc2)c(C)n1-c1ccccc1. The Balaban J connectivity index is 1.39. The van der Waals surface area contributed by atoms with Crippen LogP contribution in [0.4, 0.5) is 0 Å². The lowest BCUT2D eigenvalue weighted by molar-refractivity contribution is 0.0955. The van der Waals surface area contributed by atoms with Gasteiger partial charge in [-0.15, -0.1) is 11.8 Å². The molecule has 1 aromatic heterocycles. The summed E-state index contributed by atoms with van der Waals surface area (Å²) >= 11 is 11.3. The molecule has 34 heavy (non-hydrogen) atoms. The summed E-state index contributed by atoms with van der Waals surface area (Å²) in [6.45, 7) is 4.08. The monoisotopic (exact) mass is 551 g/mol. The number of thioether (sulfide) groups is 1. The van der Waals surface area contributed by atoms with Crippen molar-refractivity contribution in [2.45, 2.75) is 24.5 Å². The van der Waals surface area contributed by atoms with Gasteiger partial charge >= 0.3 is 0 Å². The molecule has 1 heterocycles. The van der Waals surface area contributed by atoms with Crippen LogP contribution in [0.15, 0.2) is 93.3 Å². The smallest absolute Gasteiger partial charge is 0.271 e. The van der Waals surface area contributed by atoms with Gasteiger partial charge in [0.15, 0.2) is 0 Å². The largest absolute Gasteiger partial charge is 0.317 e. The molecule has 4 aromatic rings. The van der Waals surface area contributed by atoms with Gasteiger partial charge in [0.25, 0.3) is 5.91 Å². The lowest BCUT2D eigenvalue weighted by atomic mass is 10.1. The number of hydrogen-bond acceptors (Lipinski definition) is 3. The van der Waals surface area contributed by atoms with Gasteiger partial charge in [-0.05, 0) is 83.9 Å². The molecule has 0 saturated heterocycles. The number of nitrogens with one attached hydrogen (secondary N) is 1. The zero-order valence-electron chi connectivity index (χ0n) is 18.8. The van der Waals surface area contributed by atoms with Gasteiger partial charge < -0.3 is 4.57 Å². The van der Waals surface area contributed by atoms with Gasteiger partial charge in [-0.2, -0.15) is 5.10 Å². The number of aromatic nitrogens is 1. The molecule has 0 saturated carbocycles. The van der Waals surface area contributed by atoms with E-state index in [2.05, 4.69) is 43.2 Å². The number of nitrogens with zero attached hydrogens (tertiary/aromatic N) is 2. The number of hydrogen-bond donors (Lipinski definition) is 1. The van der Waals surface area contributed by atoms with Crippen molar-refractivity contribution >= 4 is 51.4 Å². The molecule has 0 fully saturated rings. The normalized spacial score (nSPS) is 11.2. The minimum absolute atomic E-state index is 0.249. The van der Waals surface area contributed by atoms with Gasteiger partial charge in [0.05, 0.1) is 6.21 Å². The van der Waals surface area contributed by atoms with E-state index in [9.17, 15) is 4.79 Å². The molecule has 0 spiro atoms. The van der Waals surface area contributed by atoms with Crippen molar-refractivity contribution in [1.29, 1.82) is 0 Å². The van der Waals surface area contributed by atoms with E-state index in [-0.39, 0.29) is 5.91 Å². The molecule has 1 amide bonds. The van der Waals surface area contributed by atoms with E-state index in [1.807, 2.05) is 80.6 Å². The van der Waals surface area contributed by atoms with Crippen molar-refractivity contribution in [3.63, 3.8) is 0 Å². The summed E-state index contributed by atoms with van der Waals surface area (Å²) in [5.41, 5.74) is 8.45. The van der Waals surface area contributed by atoms with Gasteiger partial charge in [0, 0.05) is 48.3 Å². The fourth-order valence-electron chi connectivity index (χ4n) is 3.61. The van der Waals surface area contributed by atoms with Crippen molar-refractivity contribution in [2.24, 2.45) is 5.10 Å². The predicted molar refractivity (Wildman–Crippen MR) is 145 cm³/mol. The minimum Gasteiger partial charge on any atom is -0.317 e. The van der Waals surface area contributed by atoms with Crippen LogP contribution in [-0.4, -0.2) is 16.7 Å². The number of amides is 1. The van der Waals surface area contributed by atoms with Crippen LogP contribution in [0.25, 0.3) is 5.69 Å². The molecule has 0 bridgehead atoms. The molecule has 0 radical (unpaired) electrons. The summed E-state index contributed by atoms with van der Waals surface area (Å²) in [6, 6.07) is 25.5. The topological polar surface area (TPSA) is 46.4 Å². The van der Waals surface area contributed by atoms with E-state index >= 15 is 0 Å². The summed E-state index contributed by atoms with van der Waals surface area (Å²) in [6.07, 6.45) is 1.68. The second-order valence-corrected chi connectivity index (χ2v) is 9.99. The second kappa shape index (κ2) is 11.1. The highest BCUT2D eigenvalue weighted by Gasteiger charge is 2.15. The van der Waals surface area contributed by atoms with Crippen LogP contribution >= 0.6 is 39.3 Å². The highest BCUT2D eigenvalue weighted by Crippen LogP contribution is 2.29. The quantitative estimate of drug-likeness (QED) is 0.146. The first-order chi connectivity index (χ1) is 16.4. The zero-order valence-corrected chi connectivity index (χ0v) is 21.9.